The average Bonchev–Trinajstić information content (AvgIpc) is 3.19. The Labute approximate surface area is 188 Å². The van der Waals surface area contributed by atoms with Crippen LogP contribution in [0.15, 0.2) is 121 Å². The van der Waals surface area contributed by atoms with Gasteiger partial charge >= 0.3 is 0 Å². The second-order valence-corrected chi connectivity index (χ2v) is 8.32. The first kappa shape index (κ1) is 18.7. The number of benzene rings is 5. The smallest absolute Gasteiger partial charge is 0.0547 e. The lowest BCUT2D eigenvalue weighted by Crippen LogP contribution is -1.93. The minimum Gasteiger partial charge on any atom is -0.309 e. The Hall–Kier alpha value is -4.10. The van der Waals surface area contributed by atoms with Crippen molar-refractivity contribution in [2.24, 2.45) is 0 Å². The first-order valence-electron chi connectivity index (χ1n) is 11.0. The summed E-state index contributed by atoms with van der Waals surface area (Å²) in [7, 11) is 0. The topological polar surface area (TPSA) is 4.93 Å². The molecule has 0 amide bonds. The van der Waals surface area contributed by atoms with Crippen LogP contribution in [-0.2, 0) is 0 Å². The van der Waals surface area contributed by atoms with Crippen molar-refractivity contribution in [2.45, 2.75) is 6.92 Å². The summed E-state index contributed by atoms with van der Waals surface area (Å²) in [6.45, 7) is 2.17. The molecule has 0 spiro atoms. The molecule has 0 radical (unpaired) electrons. The Bertz CT molecular complexity index is 1570. The molecule has 0 unspecified atom stereocenters. The number of hydrogen-bond acceptors (Lipinski definition) is 0. The third-order valence-corrected chi connectivity index (χ3v) is 6.34. The highest BCUT2D eigenvalue weighted by Gasteiger charge is 2.13. The fourth-order valence-electron chi connectivity index (χ4n) is 4.77. The zero-order chi connectivity index (χ0) is 21.5. The zero-order valence-corrected chi connectivity index (χ0v) is 18.0. The number of aromatic nitrogens is 1. The molecule has 1 heteroatoms. The van der Waals surface area contributed by atoms with E-state index in [1.807, 2.05) is 0 Å². The average molecular weight is 410 g/mol. The van der Waals surface area contributed by atoms with Crippen LogP contribution >= 0.6 is 0 Å². The van der Waals surface area contributed by atoms with Gasteiger partial charge in [-0.2, -0.15) is 0 Å². The van der Waals surface area contributed by atoms with Crippen molar-refractivity contribution in [3.05, 3.63) is 127 Å². The molecule has 32 heavy (non-hydrogen) atoms. The van der Waals surface area contributed by atoms with Crippen LogP contribution in [0.1, 0.15) is 5.56 Å². The van der Waals surface area contributed by atoms with E-state index in [4.69, 9.17) is 0 Å². The maximum Gasteiger partial charge on any atom is 0.0547 e. The maximum atomic E-state index is 2.37. The van der Waals surface area contributed by atoms with Gasteiger partial charge in [-0.1, -0.05) is 91.0 Å². The van der Waals surface area contributed by atoms with Gasteiger partial charge < -0.3 is 4.57 Å². The minimum atomic E-state index is 1.18. The minimum absolute atomic E-state index is 1.18. The fraction of sp³-hybridized carbons (Fsp3) is 0.0323. The molecule has 0 fully saturated rings. The normalized spacial score (nSPS) is 11.3. The molecule has 0 aliphatic carbocycles. The summed E-state index contributed by atoms with van der Waals surface area (Å²) in [5, 5.41) is 2.56. The zero-order valence-electron chi connectivity index (χ0n) is 18.0. The Kier molecular flexibility index (Phi) is 4.40. The highest BCUT2D eigenvalue weighted by molar-refractivity contribution is 6.10. The van der Waals surface area contributed by atoms with E-state index >= 15 is 0 Å². The van der Waals surface area contributed by atoms with E-state index in [9.17, 15) is 0 Å². The highest BCUT2D eigenvalue weighted by atomic mass is 15.0. The van der Waals surface area contributed by atoms with E-state index < -0.39 is 0 Å². The van der Waals surface area contributed by atoms with Gasteiger partial charge in [0.25, 0.3) is 0 Å². The molecule has 6 rings (SSSR count). The van der Waals surface area contributed by atoms with Crippen LogP contribution in [0.3, 0.4) is 0 Å². The van der Waals surface area contributed by atoms with Crippen molar-refractivity contribution in [3.8, 4) is 27.9 Å². The lowest BCUT2D eigenvalue weighted by molar-refractivity contribution is 1.18. The standard InChI is InChI=1S/C31H23N/c1-22-10-5-6-15-27(22)25-12-9-11-23(20-25)24-18-19-29-28-16-7-8-17-30(28)32(31(29)21-24)26-13-3-2-4-14-26/h2-21H,1H3. The van der Waals surface area contributed by atoms with Crippen LogP contribution in [0.25, 0.3) is 49.7 Å². The van der Waals surface area contributed by atoms with E-state index in [-0.39, 0.29) is 0 Å². The summed E-state index contributed by atoms with van der Waals surface area (Å²) < 4.78 is 2.37. The molecule has 0 saturated carbocycles. The van der Waals surface area contributed by atoms with Crippen LogP contribution in [0.2, 0.25) is 0 Å². The number of nitrogens with zero attached hydrogens (tertiary/aromatic N) is 1. The van der Waals surface area contributed by atoms with Crippen molar-refractivity contribution >= 4 is 21.8 Å². The van der Waals surface area contributed by atoms with Gasteiger partial charge in [0.1, 0.15) is 0 Å². The molecule has 0 saturated heterocycles. The Morgan fingerprint density at radius 2 is 1.16 bits per heavy atom. The van der Waals surface area contributed by atoms with Gasteiger partial charge in [-0.3, -0.25) is 0 Å². The molecule has 0 aliphatic heterocycles. The van der Waals surface area contributed by atoms with Crippen molar-refractivity contribution in [2.75, 3.05) is 0 Å². The maximum absolute atomic E-state index is 2.37. The summed E-state index contributed by atoms with van der Waals surface area (Å²) in [4.78, 5) is 0. The van der Waals surface area contributed by atoms with Crippen LogP contribution in [0.5, 0.6) is 0 Å². The van der Waals surface area contributed by atoms with Crippen LogP contribution < -0.4 is 0 Å². The Morgan fingerprint density at radius 1 is 0.469 bits per heavy atom. The van der Waals surface area contributed by atoms with Crippen molar-refractivity contribution < 1.29 is 0 Å². The van der Waals surface area contributed by atoms with E-state index in [1.165, 1.54) is 55.3 Å². The number of para-hydroxylation sites is 2. The molecule has 1 nitrogen and oxygen atoms in total. The van der Waals surface area contributed by atoms with Crippen LogP contribution in [0.4, 0.5) is 0 Å². The van der Waals surface area contributed by atoms with Gasteiger partial charge in [0, 0.05) is 16.5 Å². The van der Waals surface area contributed by atoms with E-state index in [0.29, 0.717) is 0 Å². The van der Waals surface area contributed by atoms with E-state index in [0.717, 1.165) is 0 Å². The molecule has 6 aromatic rings. The third-order valence-electron chi connectivity index (χ3n) is 6.34. The van der Waals surface area contributed by atoms with Gasteiger partial charge in [-0.05, 0) is 65.1 Å². The van der Waals surface area contributed by atoms with Crippen LogP contribution in [-0.4, -0.2) is 4.57 Å². The monoisotopic (exact) mass is 409 g/mol. The molecular formula is C31H23N. The van der Waals surface area contributed by atoms with Gasteiger partial charge in [-0.15, -0.1) is 0 Å². The lowest BCUT2D eigenvalue weighted by Gasteiger charge is -2.10. The second-order valence-electron chi connectivity index (χ2n) is 8.32. The quantitative estimate of drug-likeness (QED) is 0.276. The van der Waals surface area contributed by atoms with Crippen molar-refractivity contribution in [1.82, 2.24) is 4.57 Å². The third kappa shape index (κ3) is 3.02. The molecule has 1 aromatic heterocycles. The molecular weight excluding hydrogens is 386 g/mol. The molecule has 152 valence electrons. The lowest BCUT2D eigenvalue weighted by atomic mass is 9.96. The van der Waals surface area contributed by atoms with Gasteiger partial charge in [0.2, 0.25) is 0 Å². The summed E-state index contributed by atoms with van der Waals surface area (Å²) in [5.74, 6) is 0. The highest BCUT2D eigenvalue weighted by Crippen LogP contribution is 2.35. The summed E-state index contributed by atoms with van der Waals surface area (Å²) in [5.41, 5.74) is 9.95. The molecule has 1 heterocycles. The Morgan fingerprint density at radius 3 is 2.03 bits per heavy atom. The number of fused-ring (bicyclic) bond motifs is 3. The van der Waals surface area contributed by atoms with Gasteiger partial charge in [0.05, 0.1) is 11.0 Å². The number of hydrogen-bond donors (Lipinski definition) is 0. The van der Waals surface area contributed by atoms with Crippen molar-refractivity contribution in [3.63, 3.8) is 0 Å². The van der Waals surface area contributed by atoms with Crippen LogP contribution in [0, 0.1) is 6.92 Å². The Balaban J connectivity index is 1.58. The van der Waals surface area contributed by atoms with E-state index in [1.54, 1.807) is 0 Å². The molecule has 0 atom stereocenters. The van der Waals surface area contributed by atoms with E-state index in [2.05, 4.69) is 133 Å². The predicted molar refractivity (Wildman–Crippen MR) is 136 cm³/mol. The van der Waals surface area contributed by atoms with Crippen molar-refractivity contribution in [1.29, 1.82) is 0 Å². The second kappa shape index (κ2) is 7.55. The van der Waals surface area contributed by atoms with Gasteiger partial charge in [-0.25, -0.2) is 0 Å². The molecule has 0 aliphatic rings. The predicted octanol–water partition coefficient (Wildman–Crippen LogP) is 8.43. The fourth-order valence-corrected chi connectivity index (χ4v) is 4.77. The first-order chi connectivity index (χ1) is 15.8. The number of aryl methyl sites for hydroxylation is 1. The first-order valence-corrected chi connectivity index (χ1v) is 11.0. The SMILES string of the molecule is Cc1ccccc1-c1cccc(-c2ccc3c4ccccc4n(-c4ccccc4)c3c2)c1. The molecule has 5 aromatic carbocycles. The largest absolute Gasteiger partial charge is 0.309 e. The molecule has 0 bridgehead atoms. The summed E-state index contributed by atoms with van der Waals surface area (Å²) >= 11 is 0. The van der Waals surface area contributed by atoms with Gasteiger partial charge in [0.15, 0.2) is 0 Å². The summed E-state index contributed by atoms with van der Waals surface area (Å²) in [6.07, 6.45) is 0. The molecule has 0 N–H and O–H groups in total. The number of rotatable bonds is 3. The summed E-state index contributed by atoms with van der Waals surface area (Å²) in [6, 6.07) is 43.6.